The maximum Gasteiger partial charge on any atom is 0.252 e. The Labute approximate surface area is 147 Å². The van der Waals surface area contributed by atoms with E-state index in [0.717, 1.165) is 23.5 Å². The Morgan fingerprint density at radius 3 is 2.70 bits per heavy atom. The first-order valence-electron chi connectivity index (χ1n) is 8.57. The molecule has 126 valence electrons. The van der Waals surface area contributed by atoms with Gasteiger partial charge in [-0.1, -0.05) is 24.9 Å². The Hall–Kier alpha value is -0.710. The van der Waals surface area contributed by atoms with Crippen LogP contribution in [0.25, 0.3) is 0 Å². The lowest BCUT2D eigenvalue weighted by molar-refractivity contribution is 0.0753. The number of nitrogens with two attached hydrogens (primary N) is 1. The van der Waals surface area contributed by atoms with Crippen molar-refractivity contribution in [3.05, 3.63) is 28.8 Å². The molecule has 1 amide bonds. The number of halogens is 1. The van der Waals surface area contributed by atoms with Crippen LogP contribution in [0.3, 0.4) is 0 Å². The number of hydrogen-bond acceptors (Lipinski definition) is 3. The van der Waals surface area contributed by atoms with Crippen molar-refractivity contribution in [1.29, 1.82) is 0 Å². The van der Waals surface area contributed by atoms with Gasteiger partial charge >= 0.3 is 0 Å². The second-order valence-electron chi connectivity index (χ2n) is 6.76. The zero-order chi connectivity index (χ0) is 16.4. The average molecular weight is 353 g/mol. The van der Waals surface area contributed by atoms with Crippen molar-refractivity contribution >= 4 is 29.3 Å². The number of fused-ring (bicyclic) bond motifs is 2. The summed E-state index contributed by atoms with van der Waals surface area (Å²) in [5, 5.41) is 3.93. The third-order valence-corrected chi connectivity index (χ3v) is 6.35. The van der Waals surface area contributed by atoms with E-state index < -0.39 is 0 Å². The van der Waals surface area contributed by atoms with E-state index in [1.807, 2.05) is 12.1 Å². The smallest absolute Gasteiger partial charge is 0.252 e. The molecule has 0 heterocycles. The highest BCUT2D eigenvalue weighted by Gasteiger charge is 2.40. The van der Waals surface area contributed by atoms with Crippen LogP contribution < -0.4 is 11.1 Å². The Bertz CT molecular complexity index is 566. The Kier molecular flexibility index (Phi) is 5.55. The van der Waals surface area contributed by atoms with Crippen molar-refractivity contribution in [2.24, 2.45) is 17.6 Å². The van der Waals surface area contributed by atoms with E-state index in [9.17, 15) is 4.79 Å². The molecule has 0 spiro atoms. The molecule has 2 unspecified atom stereocenters. The van der Waals surface area contributed by atoms with Crippen LogP contribution in [-0.4, -0.2) is 23.7 Å². The quantitative estimate of drug-likeness (QED) is 0.802. The van der Waals surface area contributed by atoms with Crippen molar-refractivity contribution in [1.82, 2.24) is 5.32 Å². The first-order chi connectivity index (χ1) is 11.1. The third-order valence-electron chi connectivity index (χ3n) is 5.16. The van der Waals surface area contributed by atoms with Crippen LogP contribution in [0.15, 0.2) is 23.1 Å². The lowest BCUT2D eigenvalue weighted by atomic mass is 9.67. The van der Waals surface area contributed by atoms with Crippen molar-refractivity contribution in [2.45, 2.75) is 56.0 Å². The lowest BCUT2D eigenvalue weighted by Gasteiger charge is -2.45. The highest BCUT2D eigenvalue weighted by atomic mass is 35.5. The molecule has 0 aliphatic heterocycles. The van der Waals surface area contributed by atoms with Crippen molar-refractivity contribution < 1.29 is 4.79 Å². The van der Waals surface area contributed by atoms with Crippen LogP contribution >= 0.6 is 23.4 Å². The molecule has 3 rings (SSSR count). The minimum Gasteiger partial charge on any atom is -0.349 e. The van der Waals surface area contributed by atoms with Crippen LogP contribution in [0.1, 0.15) is 49.4 Å². The van der Waals surface area contributed by atoms with Gasteiger partial charge in [0, 0.05) is 22.0 Å². The van der Waals surface area contributed by atoms with E-state index in [1.54, 1.807) is 17.8 Å². The van der Waals surface area contributed by atoms with Gasteiger partial charge in [0.2, 0.25) is 0 Å². The molecule has 1 aromatic carbocycles. The highest BCUT2D eigenvalue weighted by Crippen LogP contribution is 2.40. The molecule has 2 aliphatic rings. The van der Waals surface area contributed by atoms with Crippen molar-refractivity contribution in [3.63, 3.8) is 0 Å². The summed E-state index contributed by atoms with van der Waals surface area (Å²) >= 11 is 7.80. The van der Waals surface area contributed by atoms with Crippen LogP contribution in [0.2, 0.25) is 5.02 Å². The molecule has 0 radical (unpaired) electrons. The van der Waals surface area contributed by atoms with Gasteiger partial charge in [-0.3, -0.25) is 4.79 Å². The van der Waals surface area contributed by atoms with Crippen LogP contribution in [0.5, 0.6) is 0 Å². The van der Waals surface area contributed by atoms with E-state index in [0.29, 0.717) is 28.5 Å². The minimum absolute atomic E-state index is 0.0146. The summed E-state index contributed by atoms with van der Waals surface area (Å²) in [5.41, 5.74) is 6.89. The summed E-state index contributed by atoms with van der Waals surface area (Å²) in [5.74, 6) is 2.01. The molecule has 2 aliphatic carbocycles. The summed E-state index contributed by atoms with van der Waals surface area (Å²) in [4.78, 5) is 13.9. The molecule has 2 atom stereocenters. The van der Waals surface area contributed by atoms with Crippen LogP contribution in [-0.2, 0) is 0 Å². The zero-order valence-corrected chi connectivity index (χ0v) is 15.1. The number of amides is 1. The van der Waals surface area contributed by atoms with Gasteiger partial charge in [0.25, 0.3) is 5.91 Å². The molecule has 2 fully saturated rings. The first-order valence-corrected chi connectivity index (χ1v) is 9.93. The van der Waals surface area contributed by atoms with Gasteiger partial charge in [-0.05, 0) is 61.5 Å². The maximum absolute atomic E-state index is 12.9. The highest BCUT2D eigenvalue weighted by molar-refractivity contribution is 7.99. The molecule has 0 aromatic heterocycles. The Morgan fingerprint density at radius 1 is 1.35 bits per heavy atom. The fourth-order valence-electron chi connectivity index (χ4n) is 4.21. The van der Waals surface area contributed by atoms with Gasteiger partial charge in [0.05, 0.1) is 5.56 Å². The molecule has 5 heteroatoms. The van der Waals surface area contributed by atoms with Gasteiger partial charge in [-0.2, -0.15) is 0 Å². The first kappa shape index (κ1) is 17.1. The molecular weight excluding hydrogens is 328 g/mol. The second-order valence-corrected chi connectivity index (χ2v) is 8.50. The van der Waals surface area contributed by atoms with Crippen molar-refractivity contribution in [3.8, 4) is 0 Å². The van der Waals surface area contributed by atoms with E-state index >= 15 is 0 Å². The molecule has 3 N–H and O–H groups in total. The number of hydrogen-bond donors (Lipinski definition) is 2. The number of benzene rings is 1. The number of carbonyl (C=O) groups is 1. The van der Waals surface area contributed by atoms with E-state index in [4.69, 9.17) is 17.3 Å². The topological polar surface area (TPSA) is 55.1 Å². The van der Waals surface area contributed by atoms with Crippen LogP contribution in [0.4, 0.5) is 0 Å². The molecule has 1 aromatic rings. The fourth-order valence-corrected chi connectivity index (χ4v) is 5.17. The predicted octanol–water partition coefficient (Wildman–Crippen LogP) is 4.09. The maximum atomic E-state index is 12.9. The Morgan fingerprint density at radius 2 is 2.04 bits per heavy atom. The summed E-state index contributed by atoms with van der Waals surface area (Å²) < 4.78 is 0. The molecule has 2 bridgehead atoms. The molecule has 3 nitrogen and oxygen atoms in total. The normalized spacial score (nSPS) is 30.0. The van der Waals surface area contributed by atoms with Gasteiger partial charge < -0.3 is 11.1 Å². The molecule has 23 heavy (non-hydrogen) atoms. The van der Waals surface area contributed by atoms with Crippen LogP contribution in [0, 0.1) is 11.8 Å². The van der Waals surface area contributed by atoms with Gasteiger partial charge in [-0.25, -0.2) is 0 Å². The SMILES string of the molecule is CCSc1ccc(Cl)cc1C(=O)NC1C2CCCC1CC(N)C2. The number of rotatable bonds is 4. The lowest BCUT2D eigenvalue weighted by Crippen LogP contribution is -2.53. The average Bonchev–Trinajstić information content (AvgIpc) is 2.50. The summed E-state index contributed by atoms with van der Waals surface area (Å²) in [6.07, 6.45) is 5.70. The monoisotopic (exact) mass is 352 g/mol. The molecule has 2 saturated carbocycles. The molecule has 0 saturated heterocycles. The van der Waals surface area contributed by atoms with E-state index in [-0.39, 0.29) is 11.9 Å². The van der Waals surface area contributed by atoms with E-state index in [2.05, 4.69) is 12.2 Å². The molecular formula is C18H25ClN2OS. The number of thioether (sulfide) groups is 1. The number of nitrogens with one attached hydrogen (secondary N) is 1. The van der Waals surface area contributed by atoms with Gasteiger partial charge in [0.15, 0.2) is 0 Å². The Balaban J connectivity index is 1.78. The number of carbonyl (C=O) groups excluding carboxylic acids is 1. The third kappa shape index (κ3) is 3.86. The van der Waals surface area contributed by atoms with Crippen molar-refractivity contribution in [2.75, 3.05) is 5.75 Å². The fraction of sp³-hybridized carbons (Fsp3) is 0.611. The van der Waals surface area contributed by atoms with E-state index in [1.165, 1.54) is 19.3 Å². The summed E-state index contributed by atoms with van der Waals surface area (Å²) in [7, 11) is 0. The zero-order valence-electron chi connectivity index (χ0n) is 13.6. The van der Waals surface area contributed by atoms with Gasteiger partial charge in [0.1, 0.15) is 0 Å². The standard InChI is InChI=1S/C18H25ClN2OS/c1-2-23-16-7-6-13(19)10-15(16)18(22)21-17-11-4-3-5-12(17)9-14(20)8-11/h6-7,10-12,14,17H,2-5,8-9,20H2,1H3,(H,21,22). The minimum atomic E-state index is 0.0146. The second kappa shape index (κ2) is 7.45. The predicted molar refractivity (Wildman–Crippen MR) is 97.1 cm³/mol. The largest absolute Gasteiger partial charge is 0.349 e. The van der Waals surface area contributed by atoms with Gasteiger partial charge in [-0.15, -0.1) is 11.8 Å². The summed E-state index contributed by atoms with van der Waals surface area (Å²) in [6.45, 7) is 2.09. The summed E-state index contributed by atoms with van der Waals surface area (Å²) in [6, 6.07) is 6.16.